The largest absolute Gasteiger partial charge is 0.492 e. The number of rotatable bonds is 14. The van der Waals surface area contributed by atoms with Crippen LogP contribution in [0.1, 0.15) is 106 Å². The zero-order chi connectivity index (χ0) is 62.1. The quantitative estimate of drug-likeness (QED) is 0.0711. The number of pyridine rings is 1. The molecular weight excluding hydrogens is 1160 g/mol. The van der Waals surface area contributed by atoms with Gasteiger partial charge in [0.2, 0.25) is 11.9 Å². The normalized spacial score (nSPS) is 18.0. The molecule has 3 spiro atoms. The first kappa shape index (κ1) is 63.7. The first-order valence-electron chi connectivity index (χ1n) is 29.7. The molecule has 0 aliphatic carbocycles. The molecule has 13 rings (SSSR count). The Morgan fingerprint density at radius 3 is 1.42 bits per heavy atom. The molecule has 0 amide bonds. The molecule has 7 aliphatic rings. The summed E-state index contributed by atoms with van der Waals surface area (Å²) in [6.45, 7) is 7.29. The van der Waals surface area contributed by atoms with E-state index in [9.17, 15) is 28.4 Å². The zero-order valence-corrected chi connectivity index (χ0v) is 50.2. The molecule has 476 valence electrons. The van der Waals surface area contributed by atoms with Crippen molar-refractivity contribution in [3.63, 3.8) is 0 Å². The third-order valence-electron chi connectivity index (χ3n) is 17.0. The molecule has 4 N–H and O–H groups in total. The highest BCUT2D eigenvalue weighted by Crippen LogP contribution is 2.49. The van der Waals surface area contributed by atoms with Gasteiger partial charge in [-0.15, -0.1) is 0 Å². The van der Waals surface area contributed by atoms with Crippen molar-refractivity contribution in [2.45, 2.75) is 75.6 Å². The minimum Gasteiger partial charge on any atom is -0.492 e. The monoisotopic (exact) mass is 1230 g/mol. The van der Waals surface area contributed by atoms with Crippen LogP contribution in [0, 0.1) is 17.5 Å². The number of H-pyrrole nitrogens is 2. The van der Waals surface area contributed by atoms with E-state index in [0.717, 1.165) is 19.5 Å². The molecule has 3 fully saturated rings. The van der Waals surface area contributed by atoms with Gasteiger partial charge in [0.1, 0.15) is 77.1 Å². The molecule has 3 aromatic carbocycles. The maximum atomic E-state index is 15.2. The van der Waals surface area contributed by atoms with E-state index in [4.69, 9.17) is 28.4 Å². The van der Waals surface area contributed by atoms with Gasteiger partial charge in [-0.3, -0.25) is 19.6 Å². The minimum absolute atomic E-state index is 0. The maximum absolute atomic E-state index is 15.2. The highest BCUT2D eigenvalue weighted by molar-refractivity contribution is 5.97. The second-order valence-electron chi connectivity index (χ2n) is 23.8. The lowest BCUT2D eigenvalue weighted by Gasteiger charge is -2.39. The van der Waals surface area contributed by atoms with E-state index in [1.165, 1.54) is 18.2 Å². The van der Waals surface area contributed by atoms with Crippen LogP contribution in [-0.4, -0.2) is 185 Å². The third-order valence-corrected chi connectivity index (χ3v) is 17.0. The lowest BCUT2D eigenvalue weighted by molar-refractivity contribution is -0.0259. The number of hydrogen-bond acceptors (Lipinski definition) is 21. The van der Waals surface area contributed by atoms with Crippen LogP contribution in [0.2, 0.25) is 0 Å². The molecule has 0 saturated carbocycles. The van der Waals surface area contributed by atoms with Crippen LogP contribution >= 0.6 is 0 Å². The van der Waals surface area contributed by atoms with Gasteiger partial charge in [-0.05, 0) is 98.5 Å². The molecule has 10 heterocycles. The Morgan fingerprint density at radius 1 is 0.562 bits per heavy atom. The van der Waals surface area contributed by atoms with Gasteiger partial charge in [-0.1, -0.05) is 7.43 Å². The maximum Gasteiger partial charge on any atom is 0.339 e. The summed E-state index contributed by atoms with van der Waals surface area (Å²) >= 11 is 0. The Kier molecular flexibility index (Phi) is 18.9. The Morgan fingerprint density at radius 2 is 0.978 bits per heavy atom. The van der Waals surface area contributed by atoms with Crippen molar-refractivity contribution in [1.82, 2.24) is 44.9 Å². The number of hydrogen-bond donors (Lipinski definition) is 4. The number of nitrogens with one attached hydrogen (secondary N) is 4. The number of carbonyl (C=O) groups is 3. The Balaban J connectivity index is 0.000000150. The number of esters is 3. The number of ether oxygens (including phenoxy) is 6. The highest BCUT2D eigenvalue weighted by atomic mass is 19.1. The van der Waals surface area contributed by atoms with Crippen molar-refractivity contribution in [3.8, 4) is 17.2 Å². The van der Waals surface area contributed by atoms with E-state index >= 15 is 8.78 Å². The van der Waals surface area contributed by atoms with Gasteiger partial charge in [0.05, 0.1) is 27.6 Å². The van der Waals surface area contributed by atoms with Crippen molar-refractivity contribution in [2.24, 2.45) is 0 Å². The number of likely N-dealkylation sites (N-methyl/N-ethyl adjacent to an activating group) is 3. The van der Waals surface area contributed by atoms with Gasteiger partial charge in [-0.2, -0.15) is 9.97 Å². The van der Waals surface area contributed by atoms with E-state index in [0.29, 0.717) is 185 Å². The van der Waals surface area contributed by atoms with Crippen molar-refractivity contribution < 1.29 is 56.0 Å². The minimum atomic E-state index is -1.04. The second kappa shape index (κ2) is 26.4. The summed E-state index contributed by atoms with van der Waals surface area (Å²) in [7, 11) is 11.5. The Bertz CT molecular complexity index is 3750. The number of piperidine rings is 3. The Labute approximate surface area is 513 Å². The van der Waals surface area contributed by atoms with Crippen LogP contribution in [0.25, 0.3) is 11.0 Å². The van der Waals surface area contributed by atoms with Crippen LogP contribution in [0.3, 0.4) is 0 Å². The number of fused-ring (bicyclic) bond motifs is 8. The first-order chi connectivity index (χ1) is 42.2. The van der Waals surface area contributed by atoms with Gasteiger partial charge < -0.3 is 63.6 Å². The van der Waals surface area contributed by atoms with Crippen LogP contribution < -0.4 is 45.8 Å². The summed E-state index contributed by atoms with van der Waals surface area (Å²) in [6.07, 6.45) is 5.94. The second-order valence-corrected chi connectivity index (χ2v) is 23.8. The van der Waals surface area contributed by atoms with Gasteiger partial charge in [-0.25, -0.2) is 32.5 Å². The van der Waals surface area contributed by atoms with Gasteiger partial charge in [0.25, 0.3) is 11.1 Å². The summed E-state index contributed by atoms with van der Waals surface area (Å²) < 4.78 is 78.8. The Hall–Kier alpha value is -8.33. The summed E-state index contributed by atoms with van der Waals surface area (Å²) in [5, 5.41) is 6.82. The smallest absolute Gasteiger partial charge is 0.339 e. The van der Waals surface area contributed by atoms with E-state index in [1.54, 1.807) is 36.5 Å². The van der Waals surface area contributed by atoms with E-state index in [2.05, 4.69) is 35.6 Å². The molecular formula is C63H77F3N12O11. The molecule has 7 aliphatic heterocycles. The predicted molar refractivity (Wildman–Crippen MR) is 326 cm³/mol. The number of aromatic nitrogens is 5. The highest BCUT2D eigenvalue weighted by Gasteiger charge is 2.52. The molecule has 89 heavy (non-hydrogen) atoms. The van der Waals surface area contributed by atoms with Gasteiger partial charge in [0.15, 0.2) is 5.65 Å². The summed E-state index contributed by atoms with van der Waals surface area (Å²) in [6, 6.07) is 12.1. The van der Waals surface area contributed by atoms with Crippen LogP contribution in [0.5, 0.6) is 17.2 Å². The van der Waals surface area contributed by atoms with Crippen LogP contribution in [0.4, 0.5) is 30.9 Å². The fraction of sp³-hybridized carbons (Fsp3) is 0.492. The third kappa shape index (κ3) is 13.2. The fourth-order valence-electron chi connectivity index (χ4n) is 12.4. The average molecular weight is 1240 g/mol. The lowest BCUT2D eigenvalue weighted by Crippen LogP contribution is -2.44. The topological polar surface area (TPSA) is 251 Å². The van der Waals surface area contributed by atoms with Crippen LogP contribution in [0.15, 0.2) is 64.3 Å². The van der Waals surface area contributed by atoms with Crippen molar-refractivity contribution in [2.75, 3.05) is 143 Å². The molecule has 6 aromatic rings. The van der Waals surface area contributed by atoms with Crippen molar-refractivity contribution >= 4 is 46.7 Å². The number of nitrogens with zero attached hydrogens (tertiary/aromatic N) is 8. The van der Waals surface area contributed by atoms with E-state index in [1.807, 2.05) is 66.8 Å². The zero-order valence-electron chi connectivity index (χ0n) is 50.2. The molecule has 23 nitrogen and oxygen atoms in total. The number of halogens is 3. The van der Waals surface area contributed by atoms with Crippen molar-refractivity contribution in [3.05, 3.63) is 132 Å². The van der Waals surface area contributed by atoms with Gasteiger partial charge in [0, 0.05) is 132 Å². The lowest BCUT2D eigenvalue weighted by atomic mass is 9.83. The summed E-state index contributed by atoms with van der Waals surface area (Å²) in [5.74, 6) is -0.409. The number of carbonyl (C=O) groups excluding carboxylic acids is 3. The molecule has 0 bridgehead atoms. The standard InChI is InChI=1S/C23H28FN5O4.C23H24FN5O4.C16H21FN2O3.CH4/c2*1-28(2)10-11-32-14-12-16-18(17(24)13-14)23(33-21(16)31)5-8-29(9-6-23)22-26-19-15(20(30)27-22)4-3-7-25-19;1-19(2)7-8-21-11-9-12-14(13(17)10-11)16(22-15(12)20)3-5-18-6-4-16;/h12-13H,3-11H2,1-2H3,(H2,25,26,27,30);3-4,7,12-13H,5-6,8-11H2,1-2H3,(H,25,26,27,30);9-10,18H,3-8H2,1-2H3;1H4. The first-order valence-corrected chi connectivity index (χ1v) is 29.7. The van der Waals surface area contributed by atoms with E-state index < -0.39 is 52.2 Å². The molecule has 3 aromatic heterocycles. The molecule has 26 heteroatoms. The number of anilines is 3. The molecule has 0 unspecified atom stereocenters. The predicted octanol–water partition coefficient (Wildman–Crippen LogP) is 6.09. The van der Waals surface area contributed by atoms with Crippen molar-refractivity contribution in [1.29, 1.82) is 0 Å². The molecule has 0 radical (unpaired) electrons. The number of benzene rings is 3. The van der Waals surface area contributed by atoms with Gasteiger partial charge >= 0.3 is 17.9 Å². The van der Waals surface area contributed by atoms with E-state index in [-0.39, 0.29) is 35.2 Å². The summed E-state index contributed by atoms with van der Waals surface area (Å²) in [4.78, 5) is 90.9. The molecule has 3 saturated heterocycles. The SMILES string of the molecule is C.CN(C)CCOc1cc(F)c2c(c1)C(=O)OC21CCN(c2nc3c(c(=O)[nH]2)CCCN3)CC1.CN(C)CCOc1cc(F)c2c(c1)C(=O)OC21CCN(c2nc3ncccc3c(=O)[nH]2)CC1.CN(C)CCOc1cc(F)c2c(c1)C(=O)OC21CCNCC1. The summed E-state index contributed by atoms with van der Waals surface area (Å²) in [5.41, 5.74) is -0.463. The average Bonchev–Trinajstić information content (AvgIpc) is 1.63. The number of aromatic amines is 2. The van der Waals surface area contributed by atoms with Crippen LogP contribution in [-0.2, 0) is 37.4 Å². The fourth-order valence-corrected chi connectivity index (χ4v) is 12.4. The molecule has 0 atom stereocenters.